The minimum absolute atomic E-state index is 0. The Morgan fingerprint density at radius 1 is 1.10 bits per heavy atom. The maximum absolute atomic E-state index is 5.90. The zero-order valence-electron chi connectivity index (χ0n) is 5.70. The second kappa shape index (κ2) is 4.66. The molecule has 0 aliphatic carbocycles. The minimum atomic E-state index is -0.455. The summed E-state index contributed by atoms with van der Waals surface area (Å²) >= 11 is 11.8. The first-order chi connectivity index (χ1) is 4.21. The van der Waals surface area contributed by atoms with Crippen molar-refractivity contribution in [3.8, 4) is 0 Å². The third-order valence-corrected chi connectivity index (χ3v) is 2.32. The lowest BCUT2D eigenvalue weighted by molar-refractivity contribution is 0.675. The lowest BCUT2D eigenvalue weighted by Crippen LogP contribution is -2.17. The monoisotopic (exact) mass is 203 g/mol. The highest BCUT2D eigenvalue weighted by Gasteiger charge is 2.24. The Morgan fingerprint density at radius 2 is 1.80 bits per heavy atom. The van der Waals surface area contributed by atoms with Gasteiger partial charge in [-0.1, -0.05) is 0 Å². The van der Waals surface area contributed by atoms with Gasteiger partial charge in [0.1, 0.15) is 4.33 Å². The maximum Gasteiger partial charge on any atom is 0.119 e. The van der Waals surface area contributed by atoms with Gasteiger partial charge in [-0.15, -0.1) is 35.6 Å². The topological polar surface area (TPSA) is 12.0 Å². The number of halogens is 3. The predicted octanol–water partition coefficient (Wildman–Crippen LogP) is 2.36. The largest absolute Gasteiger partial charge is 0.317 e. The SMILES string of the molecule is Cl.ClC1(Cl)CCCNCC1. The molecule has 0 aromatic rings. The first-order valence-corrected chi connectivity index (χ1v) is 4.05. The van der Waals surface area contributed by atoms with Crippen LogP contribution in [0.3, 0.4) is 0 Å². The fourth-order valence-corrected chi connectivity index (χ4v) is 1.45. The van der Waals surface area contributed by atoms with E-state index in [0.29, 0.717) is 0 Å². The summed E-state index contributed by atoms with van der Waals surface area (Å²) in [6.07, 6.45) is 2.88. The van der Waals surface area contributed by atoms with Crippen LogP contribution in [0.1, 0.15) is 19.3 Å². The molecule has 4 heteroatoms. The van der Waals surface area contributed by atoms with E-state index in [1.165, 1.54) is 0 Å². The van der Waals surface area contributed by atoms with Crippen molar-refractivity contribution in [2.75, 3.05) is 13.1 Å². The van der Waals surface area contributed by atoms with Crippen molar-refractivity contribution in [2.24, 2.45) is 0 Å². The Kier molecular flexibility index (Phi) is 5.04. The molecule has 0 bridgehead atoms. The first-order valence-electron chi connectivity index (χ1n) is 3.29. The van der Waals surface area contributed by atoms with E-state index < -0.39 is 4.33 Å². The highest BCUT2D eigenvalue weighted by molar-refractivity contribution is 6.48. The Balaban J connectivity index is 0.000000810. The van der Waals surface area contributed by atoms with Crippen molar-refractivity contribution in [1.29, 1.82) is 0 Å². The summed E-state index contributed by atoms with van der Waals surface area (Å²) in [4.78, 5) is 0. The van der Waals surface area contributed by atoms with Gasteiger partial charge in [0, 0.05) is 0 Å². The molecule has 0 unspecified atom stereocenters. The zero-order valence-corrected chi connectivity index (χ0v) is 8.03. The van der Waals surface area contributed by atoms with E-state index in [-0.39, 0.29) is 12.4 Å². The van der Waals surface area contributed by atoms with Gasteiger partial charge in [-0.25, -0.2) is 0 Å². The highest BCUT2D eigenvalue weighted by Crippen LogP contribution is 2.31. The van der Waals surface area contributed by atoms with Crippen LogP contribution >= 0.6 is 35.6 Å². The fourth-order valence-electron chi connectivity index (χ4n) is 0.993. The van der Waals surface area contributed by atoms with Gasteiger partial charge in [0.05, 0.1) is 0 Å². The predicted molar refractivity (Wildman–Crippen MR) is 48.4 cm³/mol. The van der Waals surface area contributed by atoms with Crippen LogP contribution < -0.4 is 5.32 Å². The van der Waals surface area contributed by atoms with Crippen molar-refractivity contribution >= 4 is 35.6 Å². The van der Waals surface area contributed by atoms with Gasteiger partial charge in [-0.2, -0.15) is 0 Å². The first kappa shape index (κ1) is 10.8. The molecule has 0 saturated carbocycles. The Labute approximate surface area is 77.9 Å². The summed E-state index contributed by atoms with van der Waals surface area (Å²) in [5.41, 5.74) is 0. The third-order valence-electron chi connectivity index (χ3n) is 1.56. The molecule has 1 N–H and O–H groups in total. The molecule has 1 nitrogen and oxygen atoms in total. The molecule has 0 amide bonds. The summed E-state index contributed by atoms with van der Waals surface area (Å²) in [7, 11) is 0. The molecule has 0 spiro atoms. The molecule has 1 rings (SSSR count). The van der Waals surface area contributed by atoms with Gasteiger partial charge in [-0.3, -0.25) is 0 Å². The van der Waals surface area contributed by atoms with Crippen molar-refractivity contribution in [2.45, 2.75) is 23.6 Å². The van der Waals surface area contributed by atoms with Crippen molar-refractivity contribution < 1.29 is 0 Å². The van der Waals surface area contributed by atoms with E-state index in [2.05, 4.69) is 5.32 Å². The molecule has 0 atom stereocenters. The third kappa shape index (κ3) is 3.87. The van der Waals surface area contributed by atoms with Gasteiger partial charge in [0.2, 0.25) is 0 Å². The lowest BCUT2D eigenvalue weighted by atomic mass is 10.2. The molecule has 1 aliphatic heterocycles. The van der Waals surface area contributed by atoms with Crippen LogP contribution in [0.4, 0.5) is 0 Å². The van der Waals surface area contributed by atoms with Crippen LogP contribution in [0.15, 0.2) is 0 Å². The lowest BCUT2D eigenvalue weighted by Gasteiger charge is -2.14. The molecule has 0 aromatic carbocycles. The van der Waals surface area contributed by atoms with Crippen molar-refractivity contribution in [3.05, 3.63) is 0 Å². The number of alkyl halides is 2. The maximum atomic E-state index is 5.90. The van der Waals surface area contributed by atoms with E-state index in [1.54, 1.807) is 0 Å². The van der Waals surface area contributed by atoms with Crippen LogP contribution in [-0.4, -0.2) is 17.4 Å². The molecular weight excluding hydrogens is 192 g/mol. The van der Waals surface area contributed by atoms with Crippen LogP contribution in [0.25, 0.3) is 0 Å². The van der Waals surface area contributed by atoms with Crippen LogP contribution in [0, 0.1) is 0 Å². The molecule has 1 aliphatic rings. The highest BCUT2D eigenvalue weighted by atomic mass is 35.5. The van der Waals surface area contributed by atoms with Gasteiger partial charge in [0.15, 0.2) is 0 Å². The van der Waals surface area contributed by atoms with E-state index in [4.69, 9.17) is 23.2 Å². The second-order valence-electron chi connectivity index (χ2n) is 2.46. The van der Waals surface area contributed by atoms with Crippen LogP contribution in [0.5, 0.6) is 0 Å². The Bertz CT molecular complexity index is 85.0. The van der Waals surface area contributed by atoms with E-state index in [0.717, 1.165) is 32.4 Å². The standard InChI is InChI=1S/C6H11Cl2N.ClH/c7-6(8)2-1-4-9-5-3-6;/h9H,1-5H2;1H. The minimum Gasteiger partial charge on any atom is -0.317 e. The molecule has 10 heavy (non-hydrogen) atoms. The van der Waals surface area contributed by atoms with Crippen molar-refractivity contribution in [1.82, 2.24) is 5.32 Å². The van der Waals surface area contributed by atoms with Gasteiger partial charge >= 0.3 is 0 Å². The summed E-state index contributed by atoms with van der Waals surface area (Å²) in [5, 5.41) is 3.23. The zero-order chi connectivity index (χ0) is 6.74. The summed E-state index contributed by atoms with van der Waals surface area (Å²) in [6.45, 7) is 2.01. The van der Waals surface area contributed by atoms with Crippen LogP contribution in [-0.2, 0) is 0 Å². The molecule has 1 heterocycles. The molecule has 1 saturated heterocycles. The normalized spacial score (nSPS) is 24.6. The van der Waals surface area contributed by atoms with Gasteiger partial charge in [-0.05, 0) is 32.4 Å². The molecule has 0 aromatic heterocycles. The number of rotatable bonds is 0. The van der Waals surface area contributed by atoms with Gasteiger partial charge in [0.25, 0.3) is 0 Å². The average Bonchev–Trinajstić information content (AvgIpc) is 1.92. The smallest absolute Gasteiger partial charge is 0.119 e. The summed E-state index contributed by atoms with van der Waals surface area (Å²) < 4.78 is -0.455. The quantitative estimate of drug-likeness (QED) is 0.598. The Hall–Kier alpha value is 0.830. The molecule has 0 radical (unpaired) electrons. The van der Waals surface area contributed by atoms with E-state index in [1.807, 2.05) is 0 Å². The molecule has 62 valence electrons. The van der Waals surface area contributed by atoms with Crippen LogP contribution in [0.2, 0.25) is 0 Å². The number of hydrogen-bond donors (Lipinski definition) is 1. The Morgan fingerprint density at radius 3 is 2.50 bits per heavy atom. The van der Waals surface area contributed by atoms with Gasteiger partial charge < -0.3 is 5.32 Å². The number of hydrogen-bond acceptors (Lipinski definition) is 1. The summed E-state index contributed by atoms with van der Waals surface area (Å²) in [6, 6.07) is 0. The van der Waals surface area contributed by atoms with E-state index >= 15 is 0 Å². The molecular formula is C6H12Cl3N. The average molecular weight is 205 g/mol. The number of nitrogens with one attached hydrogen (secondary N) is 1. The molecule has 1 fully saturated rings. The fraction of sp³-hybridized carbons (Fsp3) is 1.00. The van der Waals surface area contributed by atoms with E-state index in [9.17, 15) is 0 Å². The summed E-state index contributed by atoms with van der Waals surface area (Å²) in [5.74, 6) is 0. The van der Waals surface area contributed by atoms with Crippen molar-refractivity contribution in [3.63, 3.8) is 0 Å². The second-order valence-corrected chi connectivity index (χ2v) is 4.10.